The van der Waals surface area contributed by atoms with Crippen molar-refractivity contribution in [3.8, 4) is 5.75 Å². The van der Waals surface area contributed by atoms with Crippen molar-refractivity contribution in [3.05, 3.63) is 23.8 Å². The van der Waals surface area contributed by atoms with Crippen LogP contribution in [0.2, 0.25) is 0 Å². The number of rotatable bonds is 3. The molecule has 5 heteroatoms. The Bertz CT molecular complexity index is 498. The summed E-state index contributed by atoms with van der Waals surface area (Å²) in [5.41, 5.74) is 0.157. The summed E-state index contributed by atoms with van der Waals surface area (Å²) in [5, 5.41) is 0. The predicted molar refractivity (Wildman–Crippen MR) is 66.1 cm³/mol. The van der Waals surface area contributed by atoms with Crippen molar-refractivity contribution in [2.24, 2.45) is 0 Å². The first-order chi connectivity index (χ1) is 7.66. The molecule has 0 aliphatic rings. The molecule has 0 spiro atoms. The minimum Gasteiger partial charge on any atom is -0.494 e. The summed E-state index contributed by atoms with van der Waals surface area (Å²) in [7, 11) is -4.20. The quantitative estimate of drug-likeness (QED) is 0.846. The Hall–Kier alpha value is -1.07. The zero-order chi connectivity index (χ0) is 13.3. The molecular weight excluding hydrogens is 240 g/mol. The van der Waals surface area contributed by atoms with Crippen LogP contribution in [-0.4, -0.2) is 19.6 Å². The van der Waals surface area contributed by atoms with Gasteiger partial charge in [0, 0.05) is 0 Å². The molecule has 96 valence electrons. The Morgan fingerprint density at radius 1 is 1.29 bits per heavy atom. The van der Waals surface area contributed by atoms with Crippen LogP contribution in [0, 0.1) is 0 Å². The Balaban J connectivity index is 3.43. The van der Waals surface area contributed by atoms with Crippen LogP contribution in [0.25, 0.3) is 0 Å². The lowest BCUT2D eigenvalue weighted by Crippen LogP contribution is -2.17. The van der Waals surface area contributed by atoms with Gasteiger partial charge in [-0.2, -0.15) is 8.42 Å². The molecule has 0 saturated carbocycles. The molecule has 17 heavy (non-hydrogen) atoms. The summed E-state index contributed by atoms with van der Waals surface area (Å²) in [6, 6.07) is 4.58. The molecule has 0 unspecified atom stereocenters. The number of hydrogen-bond donors (Lipinski definition) is 1. The Kier molecular flexibility index (Phi) is 3.84. The summed E-state index contributed by atoms with van der Waals surface area (Å²) < 4.78 is 37.1. The van der Waals surface area contributed by atoms with Crippen LogP contribution >= 0.6 is 0 Å². The van der Waals surface area contributed by atoms with E-state index in [1.807, 2.05) is 27.7 Å². The van der Waals surface area contributed by atoms with Crippen LogP contribution in [0.4, 0.5) is 0 Å². The summed E-state index contributed by atoms with van der Waals surface area (Å²) in [6.07, 6.45) is 0. The molecule has 0 radical (unpaired) electrons. The van der Waals surface area contributed by atoms with E-state index in [1.165, 1.54) is 6.07 Å². The maximum absolute atomic E-state index is 11.3. The highest BCUT2D eigenvalue weighted by Gasteiger charge is 2.24. The highest BCUT2D eigenvalue weighted by molar-refractivity contribution is 7.85. The third-order valence-corrected chi connectivity index (χ3v) is 3.26. The number of ether oxygens (including phenoxy) is 1. The molecule has 0 aliphatic heterocycles. The summed E-state index contributed by atoms with van der Waals surface area (Å²) >= 11 is 0. The van der Waals surface area contributed by atoms with Crippen molar-refractivity contribution in [2.75, 3.05) is 6.61 Å². The van der Waals surface area contributed by atoms with Crippen LogP contribution in [0.15, 0.2) is 23.1 Å². The van der Waals surface area contributed by atoms with E-state index in [9.17, 15) is 13.0 Å². The molecule has 4 nitrogen and oxygen atoms in total. The molecule has 0 aliphatic carbocycles. The van der Waals surface area contributed by atoms with E-state index in [0.29, 0.717) is 17.9 Å². The van der Waals surface area contributed by atoms with Gasteiger partial charge in [0.25, 0.3) is 10.1 Å². The lowest BCUT2D eigenvalue weighted by Gasteiger charge is -2.22. The highest BCUT2D eigenvalue weighted by Crippen LogP contribution is 2.32. The standard InChI is InChI=1S/C12H18O4S/c1-5-16-9-6-7-11(17(13,14)15)10(8-9)12(2,3)4/h6-8H,5H2,1-4H3,(H,13,14,15). The van der Waals surface area contributed by atoms with E-state index in [-0.39, 0.29) is 4.90 Å². The molecule has 1 aromatic rings. The maximum atomic E-state index is 11.3. The predicted octanol–water partition coefficient (Wildman–Crippen LogP) is 2.63. The second kappa shape index (κ2) is 4.66. The lowest BCUT2D eigenvalue weighted by atomic mass is 9.87. The second-order valence-corrected chi connectivity index (χ2v) is 6.21. The third kappa shape index (κ3) is 3.44. The molecule has 1 N–H and O–H groups in total. The average Bonchev–Trinajstić information content (AvgIpc) is 2.15. The van der Waals surface area contributed by atoms with Gasteiger partial charge in [-0.1, -0.05) is 20.8 Å². The van der Waals surface area contributed by atoms with Crippen molar-refractivity contribution in [3.63, 3.8) is 0 Å². The van der Waals surface area contributed by atoms with Crippen LogP contribution < -0.4 is 4.74 Å². The van der Waals surface area contributed by atoms with Gasteiger partial charge in [0.1, 0.15) is 5.75 Å². The van der Waals surface area contributed by atoms with Crippen LogP contribution in [-0.2, 0) is 15.5 Å². The fourth-order valence-corrected chi connectivity index (χ4v) is 2.46. The second-order valence-electron chi connectivity index (χ2n) is 4.82. The molecule has 1 aromatic carbocycles. The minimum absolute atomic E-state index is 0.0616. The molecule has 1 rings (SSSR count). The number of benzene rings is 1. The van der Waals surface area contributed by atoms with Gasteiger partial charge in [0.2, 0.25) is 0 Å². The first kappa shape index (κ1) is 14.0. The molecule has 0 fully saturated rings. The Labute approximate surface area is 102 Å². The van der Waals surface area contributed by atoms with Gasteiger partial charge in [0.05, 0.1) is 11.5 Å². The monoisotopic (exact) mass is 258 g/mol. The van der Waals surface area contributed by atoms with Gasteiger partial charge in [-0.3, -0.25) is 4.55 Å². The van der Waals surface area contributed by atoms with Crippen LogP contribution in [0.1, 0.15) is 33.3 Å². The molecule has 0 aromatic heterocycles. The first-order valence-electron chi connectivity index (χ1n) is 5.41. The van der Waals surface area contributed by atoms with E-state index in [0.717, 1.165) is 0 Å². The van der Waals surface area contributed by atoms with Crippen molar-refractivity contribution >= 4 is 10.1 Å². The van der Waals surface area contributed by atoms with Crippen molar-refractivity contribution in [2.45, 2.75) is 38.0 Å². The zero-order valence-corrected chi connectivity index (χ0v) is 11.3. The van der Waals surface area contributed by atoms with Gasteiger partial charge < -0.3 is 4.74 Å². The van der Waals surface area contributed by atoms with Crippen molar-refractivity contribution in [1.29, 1.82) is 0 Å². The van der Waals surface area contributed by atoms with Crippen LogP contribution in [0.3, 0.4) is 0 Å². The van der Waals surface area contributed by atoms with E-state index in [2.05, 4.69) is 0 Å². The SMILES string of the molecule is CCOc1ccc(S(=O)(=O)O)c(C(C)(C)C)c1. The van der Waals surface area contributed by atoms with Gasteiger partial charge in [0.15, 0.2) is 0 Å². The molecule has 0 saturated heterocycles. The van der Waals surface area contributed by atoms with Crippen LogP contribution in [0.5, 0.6) is 5.75 Å². The Morgan fingerprint density at radius 2 is 1.88 bits per heavy atom. The smallest absolute Gasteiger partial charge is 0.294 e. The summed E-state index contributed by atoms with van der Waals surface area (Å²) in [6.45, 7) is 8.01. The fraction of sp³-hybridized carbons (Fsp3) is 0.500. The van der Waals surface area contributed by atoms with E-state index in [4.69, 9.17) is 4.74 Å². The van der Waals surface area contributed by atoms with E-state index < -0.39 is 15.5 Å². The lowest BCUT2D eigenvalue weighted by molar-refractivity contribution is 0.338. The van der Waals surface area contributed by atoms with Gasteiger partial charge in [-0.05, 0) is 36.1 Å². The Morgan fingerprint density at radius 3 is 2.29 bits per heavy atom. The van der Waals surface area contributed by atoms with E-state index in [1.54, 1.807) is 12.1 Å². The van der Waals surface area contributed by atoms with Gasteiger partial charge >= 0.3 is 0 Å². The molecule has 0 amide bonds. The molecular formula is C12H18O4S. The van der Waals surface area contributed by atoms with Gasteiger partial charge in [-0.25, -0.2) is 0 Å². The van der Waals surface area contributed by atoms with E-state index >= 15 is 0 Å². The third-order valence-electron chi connectivity index (χ3n) is 2.35. The largest absolute Gasteiger partial charge is 0.494 e. The summed E-state index contributed by atoms with van der Waals surface area (Å²) in [5.74, 6) is 0.602. The molecule has 0 bridgehead atoms. The highest BCUT2D eigenvalue weighted by atomic mass is 32.2. The van der Waals surface area contributed by atoms with Gasteiger partial charge in [-0.15, -0.1) is 0 Å². The average molecular weight is 258 g/mol. The minimum atomic E-state index is -4.20. The van der Waals surface area contributed by atoms with Crippen molar-refractivity contribution < 1.29 is 17.7 Å². The fourth-order valence-electron chi connectivity index (χ4n) is 1.58. The maximum Gasteiger partial charge on any atom is 0.294 e. The zero-order valence-electron chi connectivity index (χ0n) is 10.5. The number of hydrogen-bond acceptors (Lipinski definition) is 3. The van der Waals surface area contributed by atoms with Crippen molar-refractivity contribution in [1.82, 2.24) is 0 Å². The molecule has 0 atom stereocenters. The first-order valence-corrected chi connectivity index (χ1v) is 6.85. The topological polar surface area (TPSA) is 63.6 Å². The molecule has 0 heterocycles. The normalized spacial score (nSPS) is 12.5. The summed E-state index contributed by atoms with van der Waals surface area (Å²) in [4.78, 5) is -0.0616.